The van der Waals surface area contributed by atoms with Gasteiger partial charge in [-0.3, -0.25) is 9.10 Å². The van der Waals surface area contributed by atoms with Crippen LogP contribution in [0.5, 0.6) is 0 Å². The molecule has 3 rings (SSSR count). The van der Waals surface area contributed by atoms with E-state index in [1.165, 1.54) is 48.2 Å². The summed E-state index contributed by atoms with van der Waals surface area (Å²) in [6, 6.07) is 18.7. The van der Waals surface area contributed by atoms with Gasteiger partial charge < -0.3 is 5.32 Å². The van der Waals surface area contributed by atoms with E-state index < -0.39 is 22.5 Å². The third kappa shape index (κ3) is 6.86. The molecular formula is C23H21Cl2FN2O3S2. The highest BCUT2D eigenvalue weighted by Crippen LogP contribution is 2.30. The summed E-state index contributed by atoms with van der Waals surface area (Å²) in [5.74, 6) is 0.267. The maximum absolute atomic E-state index is 13.7. The van der Waals surface area contributed by atoms with Crippen molar-refractivity contribution in [3.8, 4) is 0 Å². The minimum atomic E-state index is -4.03. The van der Waals surface area contributed by atoms with Crippen molar-refractivity contribution in [3.63, 3.8) is 0 Å². The highest BCUT2D eigenvalue weighted by molar-refractivity contribution is 7.98. The summed E-state index contributed by atoms with van der Waals surface area (Å²) in [4.78, 5) is 12.6. The summed E-state index contributed by atoms with van der Waals surface area (Å²) < 4.78 is 41.2. The van der Waals surface area contributed by atoms with E-state index in [0.29, 0.717) is 23.6 Å². The smallest absolute Gasteiger partial charge is 0.264 e. The molecule has 1 N–H and O–H groups in total. The molecule has 0 aliphatic heterocycles. The fourth-order valence-electron chi connectivity index (χ4n) is 2.92. The van der Waals surface area contributed by atoms with E-state index in [1.54, 1.807) is 36.4 Å². The van der Waals surface area contributed by atoms with Gasteiger partial charge in [-0.15, -0.1) is 0 Å². The Bertz CT molecular complexity index is 1210. The second kappa shape index (κ2) is 11.7. The molecule has 0 saturated carbocycles. The zero-order valence-electron chi connectivity index (χ0n) is 17.4. The molecule has 1 amide bonds. The van der Waals surface area contributed by atoms with Crippen molar-refractivity contribution in [3.05, 3.63) is 94.2 Å². The fourth-order valence-corrected chi connectivity index (χ4v) is 5.49. The molecule has 0 atom stereocenters. The molecule has 0 fully saturated rings. The number of hydrogen-bond acceptors (Lipinski definition) is 4. The summed E-state index contributed by atoms with van der Waals surface area (Å²) >= 11 is 13.5. The number of thioether (sulfide) groups is 1. The Morgan fingerprint density at radius 2 is 1.67 bits per heavy atom. The van der Waals surface area contributed by atoms with Gasteiger partial charge in [0.2, 0.25) is 5.91 Å². The van der Waals surface area contributed by atoms with Crippen molar-refractivity contribution in [2.75, 3.05) is 23.1 Å². The SMILES string of the molecule is O=C(CN(c1ccc(Cl)c(Cl)c1)S(=O)(=O)c1ccccc1)NCCSCc1ccccc1F. The van der Waals surface area contributed by atoms with Gasteiger partial charge in [-0.1, -0.05) is 59.6 Å². The van der Waals surface area contributed by atoms with E-state index >= 15 is 0 Å². The number of amides is 1. The summed E-state index contributed by atoms with van der Waals surface area (Å²) in [5.41, 5.74) is 0.811. The van der Waals surface area contributed by atoms with E-state index in [4.69, 9.17) is 23.2 Å². The van der Waals surface area contributed by atoms with Gasteiger partial charge in [0.05, 0.1) is 20.6 Å². The van der Waals surface area contributed by atoms with Crippen LogP contribution in [0.1, 0.15) is 5.56 Å². The van der Waals surface area contributed by atoms with Crippen molar-refractivity contribution < 1.29 is 17.6 Å². The Labute approximate surface area is 206 Å². The van der Waals surface area contributed by atoms with Crippen molar-refractivity contribution in [2.24, 2.45) is 0 Å². The summed E-state index contributed by atoms with van der Waals surface area (Å²) in [7, 11) is -4.03. The van der Waals surface area contributed by atoms with Crippen LogP contribution in [0.4, 0.5) is 10.1 Å². The molecule has 5 nitrogen and oxygen atoms in total. The monoisotopic (exact) mass is 526 g/mol. The number of sulfonamides is 1. The van der Waals surface area contributed by atoms with E-state index in [-0.39, 0.29) is 26.4 Å². The Kier molecular flexibility index (Phi) is 9.02. The molecular weight excluding hydrogens is 506 g/mol. The lowest BCUT2D eigenvalue weighted by molar-refractivity contribution is -0.119. The molecule has 0 unspecified atom stereocenters. The van der Waals surface area contributed by atoms with Crippen LogP contribution in [0.15, 0.2) is 77.7 Å². The molecule has 3 aromatic rings. The quantitative estimate of drug-likeness (QED) is 0.360. The van der Waals surface area contributed by atoms with Crippen molar-refractivity contribution in [2.45, 2.75) is 10.6 Å². The molecule has 0 heterocycles. The van der Waals surface area contributed by atoms with Gasteiger partial charge in [-0.25, -0.2) is 12.8 Å². The predicted octanol–water partition coefficient (Wildman–Crippen LogP) is 5.38. The maximum atomic E-state index is 13.7. The predicted molar refractivity (Wildman–Crippen MR) is 133 cm³/mol. The number of carbonyl (C=O) groups excluding carboxylic acids is 1. The second-order valence-corrected chi connectivity index (χ2v) is 10.7. The number of rotatable bonds is 10. The van der Waals surface area contributed by atoms with E-state index in [1.807, 2.05) is 0 Å². The minimum Gasteiger partial charge on any atom is -0.354 e. The van der Waals surface area contributed by atoms with Gasteiger partial charge in [0, 0.05) is 18.1 Å². The first kappa shape index (κ1) is 25.4. The average Bonchev–Trinajstić information content (AvgIpc) is 2.81. The molecule has 33 heavy (non-hydrogen) atoms. The average molecular weight is 527 g/mol. The fraction of sp³-hybridized carbons (Fsp3) is 0.174. The summed E-state index contributed by atoms with van der Waals surface area (Å²) in [6.45, 7) is -0.133. The molecule has 0 aliphatic rings. The van der Waals surface area contributed by atoms with Gasteiger partial charge in [0.1, 0.15) is 12.4 Å². The largest absolute Gasteiger partial charge is 0.354 e. The molecule has 0 saturated heterocycles. The Hall–Kier alpha value is -2.26. The van der Waals surface area contributed by atoms with Gasteiger partial charge in [-0.2, -0.15) is 11.8 Å². The second-order valence-electron chi connectivity index (χ2n) is 6.92. The van der Waals surface area contributed by atoms with Gasteiger partial charge in [-0.05, 0) is 42.0 Å². The molecule has 0 spiro atoms. The zero-order valence-corrected chi connectivity index (χ0v) is 20.5. The van der Waals surface area contributed by atoms with Crippen LogP contribution in [0.25, 0.3) is 0 Å². The Morgan fingerprint density at radius 1 is 0.970 bits per heavy atom. The number of benzene rings is 3. The zero-order chi connectivity index (χ0) is 23.8. The van der Waals surface area contributed by atoms with Crippen LogP contribution >= 0.6 is 35.0 Å². The highest BCUT2D eigenvalue weighted by atomic mass is 35.5. The minimum absolute atomic E-state index is 0.0457. The molecule has 174 valence electrons. The maximum Gasteiger partial charge on any atom is 0.264 e. The Morgan fingerprint density at radius 3 is 2.36 bits per heavy atom. The third-order valence-corrected chi connectivity index (χ3v) is 8.13. The van der Waals surface area contributed by atoms with Crippen LogP contribution in [0.3, 0.4) is 0 Å². The topological polar surface area (TPSA) is 66.5 Å². The van der Waals surface area contributed by atoms with Crippen molar-refractivity contribution in [1.29, 1.82) is 0 Å². The van der Waals surface area contributed by atoms with Gasteiger partial charge in [0.25, 0.3) is 10.0 Å². The number of nitrogens with one attached hydrogen (secondary N) is 1. The van der Waals surface area contributed by atoms with Gasteiger partial charge >= 0.3 is 0 Å². The van der Waals surface area contributed by atoms with Crippen LogP contribution in [0.2, 0.25) is 10.0 Å². The van der Waals surface area contributed by atoms with Gasteiger partial charge in [0.15, 0.2) is 0 Å². The third-order valence-electron chi connectivity index (χ3n) is 4.59. The molecule has 0 bridgehead atoms. The molecule has 0 radical (unpaired) electrons. The number of carbonyl (C=O) groups is 1. The molecule has 0 aliphatic carbocycles. The lowest BCUT2D eigenvalue weighted by Crippen LogP contribution is -2.41. The van der Waals surface area contributed by atoms with Crippen LogP contribution < -0.4 is 9.62 Å². The standard InChI is InChI=1S/C23H21Cl2FN2O3S2/c24-20-11-10-18(14-21(20)25)28(33(30,31)19-7-2-1-3-8-19)15-23(29)27-12-13-32-16-17-6-4-5-9-22(17)26/h1-11,14H,12-13,15-16H2,(H,27,29). The lowest BCUT2D eigenvalue weighted by Gasteiger charge is -2.24. The normalized spacial score (nSPS) is 11.2. The molecule has 3 aromatic carbocycles. The van der Waals surface area contributed by atoms with Crippen LogP contribution in [0, 0.1) is 5.82 Å². The van der Waals surface area contributed by atoms with Crippen molar-refractivity contribution in [1.82, 2.24) is 5.32 Å². The molecule has 10 heteroatoms. The molecule has 0 aromatic heterocycles. The van der Waals surface area contributed by atoms with Crippen LogP contribution in [-0.4, -0.2) is 33.2 Å². The van der Waals surface area contributed by atoms with Crippen LogP contribution in [-0.2, 0) is 20.6 Å². The van der Waals surface area contributed by atoms with Crippen molar-refractivity contribution >= 4 is 56.6 Å². The first-order chi connectivity index (χ1) is 15.8. The van der Waals surface area contributed by atoms with E-state index in [9.17, 15) is 17.6 Å². The lowest BCUT2D eigenvalue weighted by atomic mass is 10.2. The summed E-state index contributed by atoms with van der Waals surface area (Å²) in [5, 5.41) is 3.16. The number of hydrogen-bond donors (Lipinski definition) is 1. The van der Waals surface area contributed by atoms with E-state index in [2.05, 4.69) is 5.32 Å². The number of anilines is 1. The summed E-state index contributed by atoms with van der Waals surface area (Å²) in [6.07, 6.45) is 0. The number of halogens is 3. The first-order valence-corrected chi connectivity index (χ1v) is 13.2. The Balaban J connectivity index is 1.66. The van der Waals surface area contributed by atoms with E-state index in [0.717, 1.165) is 4.31 Å². The first-order valence-electron chi connectivity index (χ1n) is 9.90. The number of nitrogens with zero attached hydrogens (tertiary/aromatic N) is 1. The highest BCUT2D eigenvalue weighted by Gasteiger charge is 2.27.